The van der Waals surface area contributed by atoms with Gasteiger partial charge in [0.2, 0.25) is 0 Å². The molecule has 0 heterocycles. The number of hydrogen-bond acceptors (Lipinski definition) is 2. The van der Waals surface area contributed by atoms with Crippen LogP contribution in [-0.4, -0.2) is 14.2 Å². The smallest absolute Gasteiger partial charge is 0.126 e. The van der Waals surface area contributed by atoms with E-state index in [1.165, 1.54) is 0 Å². The van der Waals surface area contributed by atoms with Crippen molar-refractivity contribution in [3.05, 3.63) is 46.9 Å². The molecule has 17 heavy (non-hydrogen) atoms. The van der Waals surface area contributed by atoms with Gasteiger partial charge in [-0.2, -0.15) is 0 Å². The highest BCUT2D eigenvalue weighted by Crippen LogP contribution is 2.33. The molecule has 0 N–H and O–H groups in total. The first kappa shape index (κ1) is 12.0. The topological polar surface area (TPSA) is 18.5 Å². The zero-order valence-corrected chi connectivity index (χ0v) is 11.3. The Kier molecular flexibility index (Phi) is 3.69. The van der Waals surface area contributed by atoms with Crippen LogP contribution >= 0.6 is 15.9 Å². The fourth-order valence-corrected chi connectivity index (χ4v) is 2.04. The van der Waals surface area contributed by atoms with Gasteiger partial charge in [-0.1, -0.05) is 28.1 Å². The lowest BCUT2D eigenvalue weighted by Gasteiger charge is -2.09. The molecule has 0 fully saturated rings. The van der Waals surface area contributed by atoms with Crippen molar-refractivity contribution in [1.82, 2.24) is 0 Å². The molecule has 2 rings (SSSR count). The highest BCUT2D eigenvalue weighted by Gasteiger charge is 2.06. The van der Waals surface area contributed by atoms with Gasteiger partial charge in [-0.3, -0.25) is 0 Å². The standard InChI is InChI=1S/C14H13BrO2/c1-16-12-6-3-10(4-7-12)13-9-11(15)5-8-14(13)17-2/h3-9H,1-2H3. The van der Waals surface area contributed by atoms with Crippen LogP contribution in [0.1, 0.15) is 0 Å². The number of halogens is 1. The molecule has 0 saturated heterocycles. The van der Waals surface area contributed by atoms with Gasteiger partial charge >= 0.3 is 0 Å². The molecule has 2 nitrogen and oxygen atoms in total. The van der Waals surface area contributed by atoms with Crippen molar-refractivity contribution >= 4 is 15.9 Å². The molecule has 0 aliphatic heterocycles. The van der Waals surface area contributed by atoms with Crippen molar-refractivity contribution in [2.75, 3.05) is 14.2 Å². The molecule has 0 aromatic heterocycles. The monoisotopic (exact) mass is 292 g/mol. The van der Waals surface area contributed by atoms with Gasteiger partial charge in [-0.25, -0.2) is 0 Å². The minimum absolute atomic E-state index is 0.850. The molecule has 0 amide bonds. The van der Waals surface area contributed by atoms with Crippen LogP contribution < -0.4 is 9.47 Å². The van der Waals surface area contributed by atoms with Gasteiger partial charge < -0.3 is 9.47 Å². The van der Waals surface area contributed by atoms with E-state index in [-0.39, 0.29) is 0 Å². The van der Waals surface area contributed by atoms with E-state index in [0.29, 0.717) is 0 Å². The fourth-order valence-electron chi connectivity index (χ4n) is 1.68. The Hall–Kier alpha value is -1.48. The van der Waals surface area contributed by atoms with E-state index in [1.54, 1.807) is 14.2 Å². The predicted molar refractivity (Wildman–Crippen MR) is 72.7 cm³/mol. The second-order valence-corrected chi connectivity index (χ2v) is 4.49. The normalized spacial score (nSPS) is 10.1. The van der Waals surface area contributed by atoms with Crippen molar-refractivity contribution < 1.29 is 9.47 Å². The first-order valence-electron chi connectivity index (χ1n) is 5.22. The van der Waals surface area contributed by atoms with Crippen LogP contribution in [0.4, 0.5) is 0 Å². The third-order valence-corrected chi connectivity index (χ3v) is 3.06. The molecular weight excluding hydrogens is 280 g/mol. The maximum absolute atomic E-state index is 5.36. The molecule has 88 valence electrons. The highest BCUT2D eigenvalue weighted by atomic mass is 79.9. The van der Waals surface area contributed by atoms with Crippen LogP contribution in [0.15, 0.2) is 46.9 Å². The maximum atomic E-state index is 5.36. The summed E-state index contributed by atoms with van der Waals surface area (Å²) in [7, 11) is 3.34. The van der Waals surface area contributed by atoms with Crippen molar-refractivity contribution in [3.63, 3.8) is 0 Å². The van der Waals surface area contributed by atoms with Crippen LogP contribution in [0, 0.1) is 0 Å². The third-order valence-electron chi connectivity index (χ3n) is 2.56. The van der Waals surface area contributed by atoms with Crippen LogP contribution in [0.2, 0.25) is 0 Å². The van der Waals surface area contributed by atoms with E-state index >= 15 is 0 Å². The first-order valence-corrected chi connectivity index (χ1v) is 6.02. The first-order chi connectivity index (χ1) is 8.24. The van der Waals surface area contributed by atoms with Crippen molar-refractivity contribution in [3.8, 4) is 22.6 Å². The summed E-state index contributed by atoms with van der Waals surface area (Å²) in [5.74, 6) is 1.71. The van der Waals surface area contributed by atoms with Crippen molar-refractivity contribution in [2.24, 2.45) is 0 Å². The predicted octanol–water partition coefficient (Wildman–Crippen LogP) is 4.13. The Labute approximate surface area is 109 Å². The van der Waals surface area contributed by atoms with E-state index in [4.69, 9.17) is 9.47 Å². The quantitative estimate of drug-likeness (QED) is 0.847. The molecule has 0 aliphatic carbocycles. The Balaban J connectivity index is 2.47. The van der Waals surface area contributed by atoms with Crippen LogP contribution in [0.5, 0.6) is 11.5 Å². The Morgan fingerprint density at radius 2 is 1.59 bits per heavy atom. The summed E-state index contributed by atoms with van der Waals surface area (Å²) in [6.07, 6.45) is 0. The maximum Gasteiger partial charge on any atom is 0.126 e. The average Bonchev–Trinajstić information content (AvgIpc) is 2.39. The van der Waals surface area contributed by atoms with Crippen molar-refractivity contribution in [2.45, 2.75) is 0 Å². The van der Waals surface area contributed by atoms with Gasteiger partial charge in [0.05, 0.1) is 14.2 Å². The third kappa shape index (κ3) is 2.61. The van der Waals surface area contributed by atoms with Gasteiger partial charge in [0.15, 0.2) is 0 Å². The lowest BCUT2D eigenvalue weighted by molar-refractivity contribution is 0.414. The second-order valence-electron chi connectivity index (χ2n) is 3.57. The van der Waals surface area contributed by atoms with Gasteiger partial charge in [0.25, 0.3) is 0 Å². The van der Waals surface area contributed by atoms with E-state index in [2.05, 4.69) is 15.9 Å². The van der Waals surface area contributed by atoms with Crippen LogP contribution in [0.3, 0.4) is 0 Å². The van der Waals surface area contributed by atoms with Gasteiger partial charge in [-0.15, -0.1) is 0 Å². The second kappa shape index (κ2) is 5.23. The molecule has 0 unspecified atom stereocenters. The fraction of sp³-hybridized carbons (Fsp3) is 0.143. The van der Waals surface area contributed by atoms with E-state index in [0.717, 1.165) is 27.1 Å². The van der Waals surface area contributed by atoms with Gasteiger partial charge in [0.1, 0.15) is 11.5 Å². The summed E-state index contributed by atoms with van der Waals surface area (Å²) in [6.45, 7) is 0. The molecule has 0 radical (unpaired) electrons. The minimum Gasteiger partial charge on any atom is -0.497 e. The highest BCUT2D eigenvalue weighted by molar-refractivity contribution is 9.10. The Morgan fingerprint density at radius 1 is 0.882 bits per heavy atom. The number of methoxy groups -OCH3 is 2. The summed E-state index contributed by atoms with van der Waals surface area (Å²) < 4.78 is 11.5. The summed E-state index contributed by atoms with van der Waals surface area (Å²) in [6, 6.07) is 13.9. The van der Waals surface area contributed by atoms with Crippen LogP contribution in [0.25, 0.3) is 11.1 Å². The molecule has 0 spiro atoms. The Bertz CT molecular complexity index is 506. The lowest BCUT2D eigenvalue weighted by Crippen LogP contribution is -1.88. The lowest BCUT2D eigenvalue weighted by atomic mass is 10.0. The average molecular weight is 293 g/mol. The number of rotatable bonds is 3. The van der Waals surface area contributed by atoms with Crippen LogP contribution in [-0.2, 0) is 0 Å². The minimum atomic E-state index is 0.850. The van der Waals surface area contributed by atoms with Crippen molar-refractivity contribution in [1.29, 1.82) is 0 Å². The largest absolute Gasteiger partial charge is 0.497 e. The molecule has 2 aromatic carbocycles. The molecule has 2 aromatic rings. The summed E-state index contributed by atoms with van der Waals surface area (Å²) in [4.78, 5) is 0. The van der Waals surface area contributed by atoms with E-state index in [1.807, 2.05) is 42.5 Å². The van der Waals surface area contributed by atoms with E-state index in [9.17, 15) is 0 Å². The molecule has 3 heteroatoms. The zero-order chi connectivity index (χ0) is 12.3. The summed E-state index contributed by atoms with van der Waals surface area (Å²) in [5.41, 5.74) is 2.16. The molecule has 0 bridgehead atoms. The molecule has 0 atom stereocenters. The molecule has 0 saturated carbocycles. The van der Waals surface area contributed by atoms with E-state index < -0.39 is 0 Å². The summed E-state index contributed by atoms with van der Waals surface area (Å²) >= 11 is 3.47. The number of hydrogen-bond donors (Lipinski definition) is 0. The SMILES string of the molecule is COc1ccc(-c2cc(Br)ccc2OC)cc1. The number of benzene rings is 2. The van der Waals surface area contributed by atoms with Gasteiger partial charge in [-0.05, 0) is 35.9 Å². The van der Waals surface area contributed by atoms with Gasteiger partial charge in [0, 0.05) is 10.0 Å². The Morgan fingerprint density at radius 3 is 2.18 bits per heavy atom. The zero-order valence-electron chi connectivity index (χ0n) is 9.74. The molecule has 0 aliphatic rings. The number of ether oxygens (including phenoxy) is 2. The molecular formula is C14H13BrO2. The summed E-state index contributed by atoms with van der Waals surface area (Å²) in [5, 5.41) is 0.